The van der Waals surface area contributed by atoms with E-state index in [1.165, 1.54) is 50.5 Å². The molecule has 2 unspecified atom stereocenters. The van der Waals surface area contributed by atoms with Gasteiger partial charge in [0.05, 0.1) is 5.70 Å². The maximum atomic E-state index is 4.74. The van der Waals surface area contributed by atoms with Crippen LogP contribution < -0.4 is 0 Å². The minimum Gasteiger partial charge on any atom is -0.361 e. The van der Waals surface area contributed by atoms with Crippen molar-refractivity contribution in [3.8, 4) is 0 Å². The Morgan fingerprint density at radius 1 is 1.21 bits per heavy atom. The summed E-state index contributed by atoms with van der Waals surface area (Å²) in [5.41, 5.74) is 10.1. The average Bonchev–Trinajstić information content (AvgIpc) is 3.47. The van der Waals surface area contributed by atoms with Crippen molar-refractivity contribution in [2.75, 3.05) is 6.54 Å². The minimum atomic E-state index is 0.407. The number of benzene rings is 1. The Labute approximate surface area is 202 Å². The van der Waals surface area contributed by atoms with E-state index in [2.05, 4.69) is 82.3 Å². The van der Waals surface area contributed by atoms with Crippen LogP contribution in [-0.2, 0) is 0 Å². The van der Waals surface area contributed by atoms with Crippen molar-refractivity contribution in [3.05, 3.63) is 64.7 Å². The molecule has 0 aromatic heterocycles. The molecule has 2 saturated carbocycles. The SMILES string of the molecule is C=C=C(C1=CC(C)C=N1)N(CCC1C[C@H]1c1cc(C)ccc1C(C)C)C1CCC(CC)CC1. The van der Waals surface area contributed by atoms with Crippen LogP contribution in [0.25, 0.3) is 0 Å². The molecule has 178 valence electrons. The summed E-state index contributed by atoms with van der Waals surface area (Å²) in [4.78, 5) is 7.38. The lowest BCUT2D eigenvalue weighted by atomic mass is 9.83. The summed E-state index contributed by atoms with van der Waals surface area (Å²) in [6.45, 7) is 16.7. The first kappa shape index (κ1) is 24.1. The van der Waals surface area contributed by atoms with Crippen LogP contribution in [0.5, 0.6) is 0 Å². The van der Waals surface area contributed by atoms with E-state index < -0.39 is 0 Å². The van der Waals surface area contributed by atoms with E-state index in [1.54, 1.807) is 11.1 Å². The predicted octanol–water partition coefficient (Wildman–Crippen LogP) is 8.16. The van der Waals surface area contributed by atoms with Crippen molar-refractivity contribution in [1.29, 1.82) is 0 Å². The van der Waals surface area contributed by atoms with E-state index in [1.807, 2.05) is 0 Å². The van der Waals surface area contributed by atoms with E-state index in [0.29, 0.717) is 17.9 Å². The Morgan fingerprint density at radius 3 is 2.58 bits per heavy atom. The smallest absolute Gasteiger partial charge is 0.105 e. The molecule has 0 amide bonds. The molecule has 2 fully saturated rings. The summed E-state index contributed by atoms with van der Waals surface area (Å²) in [5, 5.41) is 0. The third-order valence-corrected chi connectivity index (χ3v) is 8.33. The van der Waals surface area contributed by atoms with Gasteiger partial charge in [0.1, 0.15) is 5.70 Å². The van der Waals surface area contributed by atoms with Gasteiger partial charge in [0.25, 0.3) is 0 Å². The molecule has 1 aromatic carbocycles. The van der Waals surface area contributed by atoms with E-state index in [0.717, 1.165) is 35.7 Å². The summed E-state index contributed by atoms with van der Waals surface area (Å²) in [7, 11) is 0. The highest BCUT2D eigenvalue weighted by molar-refractivity contribution is 5.69. The van der Waals surface area contributed by atoms with Crippen LogP contribution in [0.3, 0.4) is 0 Å². The molecule has 3 atom stereocenters. The van der Waals surface area contributed by atoms with Crippen molar-refractivity contribution in [2.24, 2.45) is 22.7 Å². The fraction of sp³-hybridized carbons (Fsp3) is 0.613. The first-order valence-electron chi connectivity index (χ1n) is 13.4. The summed E-state index contributed by atoms with van der Waals surface area (Å²) >= 11 is 0. The van der Waals surface area contributed by atoms with Crippen molar-refractivity contribution < 1.29 is 0 Å². The molecule has 2 aliphatic carbocycles. The van der Waals surface area contributed by atoms with Crippen LogP contribution in [0.2, 0.25) is 0 Å². The maximum Gasteiger partial charge on any atom is 0.105 e. The number of hydrogen-bond acceptors (Lipinski definition) is 2. The largest absolute Gasteiger partial charge is 0.361 e. The molecule has 1 heterocycles. The zero-order chi connectivity index (χ0) is 23.5. The Balaban J connectivity index is 1.48. The molecule has 2 nitrogen and oxygen atoms in total. The summed E-state index contributed by atoms with van der Waals surface area (Å²) < 4.78 is 0. The van der Waals surface area contributed by atoms with Gasteiger partial charge in [-0.3, -0.25) is 4.99 Å². The predicted molar refractivity (Wildman–Crippen MR) is 142 cm³/mol. The summed E-state index contributed by atoms with van der Waals surface area (Å²) in [5.74, 6) is 3.44. The number of rotatable bonds is 9. The van der Waals surface area contributed by atoms with Crippen molar-refractivity contribution in [3.63, 3.8) is 0 Å². The number of aryl methyl sites for hydroxylation is 1. The van der Waals surface area contributed by atoms with Crippen LogP contribution in [0.15, 0.2) is 53.0 Å². The summed E-state index contributed by atoms with van der Waals surface area (Å²) in [6, 6.07) is 7.71. The molecule has 2 heteroatoms. The van der Waals surface area contributed by atoms with E-state index >= 15 is 0 Å². The van der Waals surface area contributed by atoms with Gasteiger partial charge in [0.2, 0.25) is 0 Å². The Kier molecular flexibility index (Phi) is 7.65. The average molecular weight is 445 g/mol. The fourth-order valence-corrected chi connectivity index (χ4v) is 6.15. The topological polar surface area (TPSA) is 15.6 Å². The van der Waals surface area contributed by atoms with Gasteiger partial charge < -0.3 is 4.90 Å². The zero-order valence-corrected chi connectivity index (χ0v) is 21.6. The summed E-state index contributed by atoms with van der Waals surface area (Å²) in [6.07, 6.45) is 13.5. The Bertz CT molecular complexity index is 938. The highest BCUT2D eigenvalue weighted by atomic mass is 15.2. The first-order valence-corrected chi connectivity index (χ1v) is 13.4. The number of aliphatic imine (C=N–C) groups is 1. The molecule has 4 rings (SSSR count). The van der Waals surface area contributed by atoms with E-state index in [9.17, 15) is 0 Å². The molecule has 3 aliphatic rings. The minimum absolute atomic E-state index is 0.407. The molecule has 0 radical (unpaired) electrons. The van der Waals surface area contributed by atoms with Gasteiger partial charge in [0.15, 0.2) is 0 Å². The van der Waals surface area contributed by atoms with Gasteiger partial charge >= 0.3 is 0 Å². The molecule has 1 aliphatic heterocycles. The van der Waals surface area contributed by atoms with Crippen LogP contribution in [-0.4, -0.2) is 23.7 Å². The zero-order valence-electron chi connectivity index (χ0n) is 21.6. The van der Waals surface area contributed by atoms with Gasteiger partial charge in [-0.05, 0) is 86.3 Å². The lowest BCUT2D eigenvalue weighted by Crippen LogP contribution is -2.38. The Hall–Kier alpha value is -2.05. The molecule has 1 aromatic rings. The van der Waals surface area contributed by atoms with Crippen LogP contribution in [0.1, 0.15) is 101 Å². The third-order valence-electron chi connectivity index (χ3n) is 8.33. The van der Waals surface area contributed by atoms with E-state index in [-0.39, 0.29) is 0 Å². The van der Waals surface area contributed by atoms with Crippen LogP contribution >= 0.6 is 0 Å². The maximum absolute atomic E-state index is 4.74. The Morgan fingerprint density at radius 2 is 1.97 bits per heavy atom. The first-order chi connectivity index (χ1) is 15.9. The second-order valence-electron chi connectivity index (χ2n) is 11.2. The highest BCUT2D eigenvalue weighted by Crippen LogP contribution is 2.52. The highest BCUT2D eigenvalue weighted by Gasteiger charge is 2.40. The number of nitrogens with zero attached hydrogens (tertiary/aromatic N) is 2. The van der Waals surface area contributed by atoms with E-state index in [4.69, 9.17) is 4.99 Å². The molecule has 0 saturated heterocycles. The second kappa shape index (κ2) is 10.5. The van der Waals surface area contributed by atoms with Gasteiger partial charge in [-0.15, -0.1) is 5.73 Å². The molecule has 0 N–H and O–H groups in total. The second-order valence-corrected chi connectivity index (χ2v) is 11.2. The van der Waals surface area contributed by atoms with Gasteiger partial charge in [-0.1, -0.05) is 64.5 Å². The monoisotopic (exact) mass is 444 g/mol. The lowest BCUT2D eigenvalue weighted by molar-refractivity contribution is 0.169. The third kappa shape index (κ3) is 5.55. The van der Waals surface area contributed by atoms with Gasteiger partial charge in [-0.2, -0.15) is 0 Å². The van der Waals surface area contributed by atoms with Gasteiger partial charge in [-0.25, -0.2) is 0 Å². The molecule has 0 bridgehead atoms. The number of hydrogen-bond donors (Lipinski definition) is 0. The van der Waals surface area contributed by atoms with Crippen molar-refractivity contribution in [1.82, 2.24) is 4.90 Å². The quantitative estimate of drug-likeness (QED) is 0.351. The lowest BCUT2D eigenvalue weighted by Gasteiger charge is -2.39. The standard InChI is InChI=1S/C31H44N2/c1-7-24-10-12-26(13-11-24)33(31(8-2)30-18-23(6)20-32-30)16-15-25-19-28(25)29-17-22(5)9-14-27(29)21(3)4/h9,14,17-18,20-21,23-26,28H,2,7,10-13,15-16,19H2,1,3-6H3/t23?,24?,25?,26?,28-/m1/s1. The molecular formula is C31H44N2. The van der Waals surface area contributed by atoms with Crippen molar-refractivity contribution >= 4 is 6.21 Å². The van der Waals surface area contributed by atoms with Gasteiger partial charge in [0, 0.05) is 24.7 Å². The normalized spacial score (nSPS) is 28.5. The molecule has 33 heavy (non-hydrogen) atoms. The molecule has 0 spiro atoms. The number of allylic oxidation sites excluding steroid dienone is 1. The van der Waals surface area contributed by atoms with Crippen molar-refractivity contribution in [2.45, 2.75) is 97.4 Å². The fourth-order valence-electron chi connectivity index (χ4n) is 6.15. The van der Waals surface area contributed by atoms with Crippen LogP contribution in [0.4, 0.5) is 0 Å². The van der Waals surface area contributed by atoms with Crippen LogP contribution in [0, 0.1) is 24.7 Å². The molecular weight excluding hydrogens is 400 g/mol.